The average Bonchev–Trinajstić information content (AvgIpc) is 2.42. The second-order valence-electron chi connectivity index (χ2n) is 5.79. The Hall–Kier alpha value is -0.350. The fourth-order valence-corrected chi connectivity index (χ4v) is 3.28. The van der Waals surface area contributed by atoms with E-state index >= 15 is 0 Å². The van der Waals surface area contributed by atoms with Crippen LogP contribution in [-0.2, 0) is 6.54 Å². The molecule has 0 bridgehead atoms. The van der Waals surface area contributed by atoms with Gasteiger partial charge in [0.05, 0.1) is 10.0 Å². The number of hydrogen-bond acceptors (Lipinski definition) is 3. The average molecular weight is 316 g/mol. The van der Waals surface area contributed by atoms with Crippen molar-refractivity contribution in [3.63, 3.8) is 0 Å². The fraction of sp³-hybridized carbons (Fsp3) is 0.667. The molecule has 3 nitrogen and oxygen atoms in total. The number of likely N-dealkylation sites (tertiary alicyclic amines) is 1. The van der Waals surface area contributed by atoms with Gasteiger partial charge in [0.25, 0.3) is 0 Å². The second-order valence-corrected chi connectivity index (χ2v) is 6.61. The van der Waals surface area contributed by atoms with E-state index in [2.05, 4.69) is 28.9 Å². The van der Waals surface area contributed by atoms with Crippen molar-refractivity contribution in [3.05, 3.63) is 28.0 Å². The van der Waals surface area contributed by atoms with Crippen molar-refractivity contribution in [2.45, 2.75) is 38.3 Å². The highest BCUT2D eigenvalue weighted by molar-refractivity contribution is 6.35. The van der Waals surface area contributed by atoms with Gasteiger partial charge in [-0.1, -0.05) is 29.6 Å². The lowest BCUT2D eigenvalue weighted by molar-refractivity contribution is 0.124. The maximum atomic E-state index is 6.24. The lowest BCUT2D eigenvalue weighted by Gasteiger charge is -2.36. The van der Waals surface area contributed by atoms with E-state index in [1.54, 1.807) is 12.4 Å². The Balaban J connectivity index is 2.04. The van der Waals surface area contributed by atoms with Crippen LogP contribution in [0.1, 0.15) is 31.2 Å². The molecule has 0 aromatic carbocycles. The van der Waals surface area contributed by atoms with Gasteiger partial charge in [0, 0.05) is 30.5 Å². The molecule has 0 unspecified atom stereocenters. The van der Waals surface area contributed by atoms with Crippen molar-refractivity contribution in [2.24, 2.45) is 0 Å². The highest BCUT2D eigenvalue weighted by Crippen LogP contribution is 2.28. The highest BCUT2D eigenvalue weighted by atomic mass is 35.5. The summed E-state index contributed by atoms with van der Waals surface area (Å²) in [6.45, 7) is 3.09. The summed E-state index contributed by atoms with van der Waals surface area (Å²) in [5, 5.41) is 1.35. The third-order valence-electron chi connectivity index (χ3n) is 3.97. The maximum absolute atomic E-state index is 6.24. The molecule has 1 aliphatic heterocycles. The minimum absolute atomic E-state index is 0.631. The van der Waals surface area contributed by atoms with Crippen LogP contribution in [0.15, 0.2) is 12.4 Å². The molecule has 1 atom stereocenters. The van der Waals surface area contributed by atoms with Crippen LogP contribution >= 0.6 is 23.2 Å². The molecule has 0 N–H and O–H groups in total. The van der Waals surface area contributed by atoms with Crippen LogP contribution in [0.3, 0.4) is 0 Å². The highest BCUT2D eigenvalue weighted by Gasteiger charge is 2.23. The Kier molecular flexibility index (Phi) is 6.09. The second kappa shape index (κ2) is 7.60. The summed E-state index contributed by atoms with van der Waals surface area (Å²) in [6, 6.07) is 0.631. The molecule has 1 aromatic rings. The number of nitrogens with zero attached hydrogens (tertiary/aromatic N) is 3. The largest absolute Gasteiger partial charge is 0.309 e. The predicted molar refractivity (Wildman–Crippen MR) is 85.5 cm³/mol. The molecule has 1 fully saturated rings. The van der Waals surface area contributed by atoms with Crippen molar-refractivity contribution in [3.8, 4) is 0 Å². The third kappa shape index (κ3) is 4.32. The zero-order valence-electron chi connectivity index (χ0n) is 12.3. The summed E-state index contributed by atoms with van der Waals surface area (Å²) in [6.07, 6.45) is 8.43. The molecular formula is C15H23Cl2N3. The van der Waals surface area contributed by atoms with E-state index in [0.29, 0.717) is 16.1 Å². The monoisotopic (exact) mass is 315 g/mol. The summed E-state index contributed by atoms with van der Waals surface area (Å²) < 4.78 is 0. The SMILES string of the molecule is CN(C)CC[C@@H]1CCCCN1Cc1c(Cl)cncc1Cl. The van der Waals surface area contributed by atoms with Gasteiger partial charge >= 0.3 is 0 Å². The Labute approximate surface area is 131 Å². The molecule has 1 saturated heterocycles. The minimum Gasteiger partial charge on any atom is -0.309 e. The molecule has 2 rings (SSSR count). The van der Waals surface area contributed by atoms with Crippen LogP contribution in [0, 0.1) is 0 Å². The number of halogens is 2. The quantitative estimate of drug-likeness (QED) is 0.826. The molecular weight excluding hydrogens is 293 g/mol. The lowest BCUT2D eigenvalue weighted by atomic mass is 9.98. The van der Waals surface area contributed by atoms with Crippen molar-refractivity contribution >= 4 is 23.2 Å². The van der Waals surface area contributed by atoms with Crippen molar-refractivity contribution in [1.29, 1.82) is 0 Å². The van der Waals surface area contributed by atoms with Gasteiger partial charge < -0.3 is 4.90 Å². The van der Waals surface area contributed by atoms with Gasteiger partial charge in [-0.25, -0.2) is 0 Å². The number of hydrogen-bond donors (Lipinski definition) is 0. The zero-order chi connectivity index (χ0) is 14.5. The molecule has 0 saturated carbocycles. The third-order valence-corrected chi connectivity index (χ3v) is 4.62. The van der Waals surface area contributed by atoms with Gasteiger partial charge in [0.2, 0.25) is 0 Å². The summed E-state index contributed by atoms with van der Waals surface area (Å²) >= 11 is 12.5. The van der Waals surface area contributed by atoms with E-state index in [4.69, 9.17) is 23.2 Å². The molecule has 1 aliphatic rings. The first-order valence-corrected chi connectivity index (χ1v) is 8.00. The number of rotatable bonds is 5. The van der Waals surface area contributed by atoms with Gasteiger partial charge in [0.1, 0.15) is 0 Å². The predicted octanol–water partition coefficient (Wildman–Crippen LogP) is 3.69. The van der Waals surface area contributed by atoms with Gasteiger partial charge in [-0.2, -0.15) is 0 Å². The normalized spacial score (nSPS) is 20.6. The Morgan fingerprint density at radius 1 is 1.25 bits per heavy atom. The lowest BCUT2D eigenvalue weighted by Crippen LogP contribution is -2.40. The van der Waals surface area contributed by atoms with E-state index in [1.165, 1.54) is 25.7 Å². The molecule has 2 heterocycles. The summed E-state index contributed by atoms with van der Waals surface area (Å²) in [5.74, 6) is 0. The molecule has 1 aromatic heterocycles. The van der Waals surface area contributed by atoms with E-state index in [1.807, 2.05) is 0 Å². The minimum atomic E-state index is 0.631. The molecule has 0 spiro atoms. The number of aromatic nitrogens is 1. The topological polar surface area (TPSA) is 19.4 Å². The van der Waals surface area contributed by atoms with Gasteiger partial charge in [0.15, 0.2) is 0 Å². The van der Waals surface area contributed by atoms with Crippen LogP contribution < -0.4 is 0 Å². The van der Waals surface area contributed by atoms with Gasteiger partial charge in [-0.05, 0) is 46.4 Å². The maximum Gasteiger partial charge on any atom is 0.0649 e. The Morgan fingerprint density at radius 3 is 2.60 bits per heavy atom. The first kappa shape index (κ1) is 16.0. The standard InChI is InChI=1S/C15H23Cl2N3/c1-19(2)8-6-12-5-3-4-7-20(12)11-13-14(16)9-18-10-15(13)17/h9-10,12H,3-8,11H2,1-2H3/t12-/m0/s1. The first-order chi connectivity index (χ1) is 9.58. The molecule has 112 valence electrons. The molecule has 0 aliphatic carbocycles. The Bertz CT molecular complexity index is 417. The Morgan fingerprint density at radius 2 is 1.95 bits per heavy atom. The van der Waals surface area contributed by atoms with Crippen LogP contribution in [0.25, 0.3) is 0 Å². The van der Waals surface area contributed by atoms with E-state index in [9.17, 15) is 0 Å². The van der Waals surface area contributed by atoms with Gasteiger partial charge in [-0.15, -0.1) is 0 Å². The molecule has 0 radical (unpaired) electrons. The number of pyridine rings is 1. The van der Waals surface area contributed by atoms with E-state index in [-0.39, 0.29) is 0 Å². The first-order valence-electron chi connectivity index (χ1n) is 7.24. The van der Waals surface area contributed by atoms with Crippen molar-refractivity contribution in [2.75, 3.05) is 27.2 Å². The van der Waals surface area contributed by atoms with Crippen LogP contribution in [0.4, 0.5) is 0 Å². The van der Waals surface area contributed by atoms with Gasteiger partial charge in [-0.3, -0.25) is 9.88 Å². The van der Waals surface area contributed by atoms with Crippen molar-refractivity contribution < 1.29 is 0 Å². The molecule has 20 heavy (non-hydrogen) atoms. The van der Waals surface area contributed by atoms with E-state index < -0.39 is 0 Å². The van der Waals surface area contributed by atoms with Crippen LogP contribution in [0.2, 0.25) is 10.0 Å². The smallest absolute Gasteiger partial charge is 0.0649 e. The summed E-state index contributed by atoms with van der Waals surface area (Å²) in [5.41, 5.74) is 1.01. The number of piperidine rings is 1. The molecule has 0 amide bonds. The summed E-state index contributed by atoms with van der Waals surface area (Å²) in [7, 11) is 4.26. The van der Waals surface area contributed by atoms with Crippen LogP contribution in [0.5, 0.6) is 0 Å². The molecule has 5 heteroatoms. The van der Waals surface area contributed by atoms with Crippen molar-refractivity contribution in [1.82, 2.24) is 14.8 Å². The van der Waals surface area contributed by atoms with Crippen LogP contribution in [-0.4, -0.2) is 48.0 Å². The zero-order valence-corrected chi connectivity index (χ0v) is 13.8. The van der Waals surface area contributed by atoms with E-state index in [0.717, 1.165) is 25.2 Å². The fourth-order valence-electron chi connectivity index (χ4n) is 2.79. The summed E-state index contributed by atoms with van der Waals surface area (Å²) in [4.78, 5) is 8.80.